The van der Waals surface area contributed by atoms with E-state index >= 15 is 0 Å². The minimum Gasteiger partial charge on any atom is -0.481 e. The number of pyridine rings is 1. The SMILES string of the molecule is COc1ccc(C(N)c2nc(Cl)nc3ccccc23)cn1. The van der Waals surface area contributed by atoms with Crippen molar-refractivity contribution in [3.63, 3.8) is 0 Å². The number of fused-ring (bicyclic) bond motifs is 1. The molecule has 0 aliphatic heterocycles. The molecular weight excluding hydrogens is 288 g/mol. The van der Waals surface area contributed by atoms with E-state index in [-0.39, 0.29) is 5.28 Å². The number of nitrogens with zero attached hydrogens (tertiary/aromatic N) is 3. The molecular formula is C15H13ClN4O. The molecule has 2 heterocycles. The molecule has 1 atom stereocenters. The van der Waals surface area contributed by atoms with Crippen LogP contribution in [0.15, 0.2) is 42.6 Å². The zero-order valence-corrected chi connectivity index (χ0v) is 12.1. The number of para-hydroxylation sites is 1. The molecule has 0 spiro atoms. The molecule has 0 saturated heterocycles. The smallest absolute Gasteiger partial charge is 0.223 e. The van der Waals surface area contributed by atoms with Crippen LogP contribution in [0.2, 0.25) is 5.28 Å². The predicted molar refractivity (Wildman–Crippen MR) is 81.4 cm³/mol. The van der Waals surface area contributed by atoms with E-state index in [2.05, 4.69) is 15.0 Å². The molecule has 21 heavy (non-hydrogen) atoms. The summed E-state index contributed by atoms with van der Waals surface area (Å²) in [7, 11) is 1.57. The molecule has 0 saturated carbocycles. The van der Waals surface area contributed by atoms with Gasteiger partial charge in [-0.3, -0.25) is 0 Å². The van der Waals surface area contributed by atoms with E-state index in [9.17, 15) is 0 Å². The van der Waals surface area contributed by atoms with E-state index < -0.39 is 6.04 Å². The third-order valence-corrected chi connectivity index (χ3v) is 3.40. The Labute approximate surface area is 126 Å². The zero-order chi connectivity index (χ0) is 14.8. The number of nitrogens with two attached hydrogens (primary N) is 1. The van der Waals surface area contributed by atoms with Crippen molar-refractivity contribution in [1.29, 1.82) is 0 Å². The van der Waals surface area contributed by atoms with Crippen LogP contribution < -0.4 is 10.5 Å². The van der Waals surface area contributed by atoms with Gasteiger partial charge in [0.1, 0.15) is 0 Å². The second-order valence-electron chi connectivity index (χ2n) is 4.51. The van der Waals surface area contributed by atoms with Crippen LogP contribution in [0.3, 0.4) is 0 Å². The normalized spacial score (nSPS) is 12.3. The van der Waals surface area contributed by atoms with Crippen molar-refractivity contribution in [2.75, 3.05) is 7.11 Å². The van der Waals surface area contributed by atoms with Crippen LogP contribution in [0.5, 0.6) is 5.88 Å². The van der Waals surface area contributed by atoms with Crippen molar-refractivity contribution in [1.82, 2.24) is 15.0 Å². The van der Waals surface area contributed by atoms with Crippen molar-refractivity contribution in [2.24, 2.45) is 5.73 Å². The van der Waals surface area contributed by atoms with Crippen molar-refractivity contribution in [3.05, 3.63) is 59.1 Å². The van der Waals surface area contributed by atoms with Crippen LogP contribution in [0.1, 0.15) is 17.3 Å². The summed E-state index contributed by atoms with van der Waals surface area (Å²) in [5, 5.41) is 1.06. The largest absolute Gasteiger partial charge is 0.481 e. The van der Waals surface area contributed by atoms with Gasteiger partial charge in [0.25, 0.3) is 0 Å². The molecule has 1 aromatic carbocycles. The number of aromatic nitrogens is 3. The molecule has 0 amide bonds. The topological polar surface area (TPSA) is 73.9 Å². The molecule has 2 N–H and O–H groups in total. The van der Waals surface area contributed by atoms with Gasteiger partial charge in [0.15, 0.2) is 0 Å². The Hall–Kier alpha value is -2.24. The minimum atomic E-state index is -0.436. The number of ether oxygens (including phenoxy) is 1. The van der Waals surface area contributed by atoms with E-state index in [0.29, 0.717) is 11.6 Å². The Kier molecular flexibility index (Phi) is 3.68. The fourth-order valence-corrected chi connectivity index (χ4v) is 2.35. The summed E-state index contributed by atoms with van der Waals surface area (Å²) < 4.78 is 5.05. The number of hydrogen-bond acceptors (Lipinski definition) is 5. The Bertz CT molecular complexity index is 776. The first kappa shape index (κ1) is 13.7. The highest BCUT2D eigenvalue weighted by atomic mass is 35.5. The number of methoxy groups -OCH3 is 1. The molecule has 0 aliphatic rings. The van der Waals surface area contributed by atoms with Crippen molar-refractivity contribution < 1.29 is 4.74 Å². The van der Waals surface area contributed by atoms with Gasteiger partial charge in [-0.05, 0) is 23.2 Å². The second-order valence-corrected chi connectivity index (χ2v) is 4.84. The summed E-state index contributed by atoms with van der Waals surface area (Å²) in [6.45, 7) is 0. The van der Waals surface area contributed by atoms with E-state index in [1.54, 1.807) is 19.4 Å². The van der Waals surface area contributed by atoms with Crippen LogP contribution in [-0.4, -0.2) is 22.1 Å². The van der Waals surface area contributed by atoms with Crippen molar-refractivity contribution in [2.45, 2.75) is 6.04 Å². The zero-order valence-electron chi connectivity index (χ0n) is 11.3. The highest BCUT2D eigenvalue weighted by molar-refractivity contribution is 6.28. The van der Waals surface area contributed by atoms with Crippen LogP contribution in [0, 0.1) is 0 Å². The van der Waals surface area contributed by atoms with E-state index in [1.165, 1.54) is 0 Å². The molecule has 106 valence electrons. The third kappa shape index (κ3) is 2.66. The number of hydrogen-bond donors (Lipinski definition) is 1. The summed E-state index contributed by atoms with van der Waals surface area (Å²) in [5.74, 6) is 0.538. The lowest BCUT2D eigenvalue weighted by Gasteiger charge is -2.14. The van der Waals surface area contributed by atoms with Gasteiger partial charge in [-0.1, -0.05) is 24.3 Å². The first-order chi connectivity index (χ1) is 10.2. The van der Waals surface area contributed by atoms with Crippen molar-refractivity contribution >= 4 is 22.5 Å². The van der Waals surface area contributed by atoms with Crippen LogP contribution in [0.4, 0.5) is 0 Å². The highest BCUT2D eigenvalue weighted by Crippen LogP contribution is 2.26. The van der Waals surface area contributed by atoms with Gasteiger partial charge in [0, 0.05) is 17.6 Å². The maximum atomic E-state index is 6.31. The molecule has 3 rings (SSSR count). The first-order valence-corrected chi connectivity index (χ1v) is 6.74. The molecule has 0 bridgehead atoms. The highest BCUT2D eigenvalue weighted by Gasteiger charge is 2.16. The Balaban J connectivity index is 2.09. The number of rotatable bonds is 3. The molecule has 0 fully saturated rings. The van der Waals surface area contributed by atoms with Crippen LogP contribution in [-0.2, 0) is 0 Å². The third-order valence-electron chi connectivity index (χ3n) is 3.23. The standard InChI is InChI=1S/C15H13ClN4O/c1-21-12-7-6-9(8-18-12)13(17)14-10-4-2-3-5-11(10)19-15(16)20-14/h2-8,13H,17H2,1H3. The Morgan fingerprint density at radius 3 is 2.67 bits per heavy atom. The number of benzene rings is 1. The Morgan fingerprint density at radius 2 is 1.95 bits per heavy atom. The monoisotopic (exact) mass is 300 g/mol. The molecule has 0 radical (unpaired) electrons. The van der Waals surface area contributed by atoms with E-state index in [1.807, 2.05) is 30.3 Å². The van der Waals surface area contributed by atoms with Gasteiger partial charge in [-0.25, -0.2) is 15.0 Å². The lowest BCUT2D eigenvalue weighted by Crippen LogP contribution is -2.15. The maximum absolute atomic E-state index is 6.31. The van der Waals surface area contributed by atoms with Gasteiger partial charge in [0.2, 0.25) is 11.2 Å². The summed E-state index contributed by atoms with van der Waals surface area (Å²) in [5.41, 5.74) is 8.59. The average molecular weight is 301 g/mol. The molecule has 6 heteroatoms. The van der Waals surface area contributed by atoms with Gasteiger partial charge in [0.05, 0.1) is 24.4 Å². The van der Waals surface area contributed by atoms with Gasteiger partial charge in [-0.15, -0.1) is 0 Å². The summed E-state index contributed by atoms with van der Waals surface area (Å²) in [6, 6.07) is 10.8. The predicted octanol–water partition coefficient (Wildman–Crippen LogP) is 2.73. The lowest BCUT2D eigenvalue weighted by atomic mass is 10.0. The van der Waals surface area contributed by atoms with Gasteiger partial charge < -0.3 is 10.5 Å². The van der Waals surface area contributed by atoms with E-state index in [4.69, 9.17) is 22.1 Å². The summed E-state index contributed by atoms with van der Waals surface area (Å²) in [4.78, 5) is 12.7. The molecule has 2 aromatic heterocycles. The maximum Gasteiger partial charge on any atom is 0.223 e. The first-order valence-electron chi connectivity index (χ1n) is 6.36. The molecule has 1 unspecified atom stereocenters. The molecule has 0 aliphatic carbocycles. The lowest BCUT2D eigenvalue weighted by molar-refractivity contribution is 0.397. The van der Waals surface area contributed by atoms with Crippen LogP contribution in [0.25, 0.3) is 10.9 Å². The van der Waals surface area contributed by atoms with Crippen LogP contribution >= 0.6 is 11.6 Å². The molecule has 3 aromatic rings. The number of halogens is 1. The Morgan fingerprint density at radius 1 is 1.14 bits per heavy atom. The quantitative estimate of drug-likeness (QED) is 0.753. The van der Waals surface area contributed by atoms with Crippen molar-refractivity contribution in [3.8, 4) is 5.88 Å². The van der Waals surface area contributed by atoms with E-state index in [0.717, 1.165) is 16.5 Å². The fraction of sp³-hybridized carbons (Fsp3) is 0.133. The molecule has 5 nitrogen and oxygen atoms in total. The fourth-order valence-electron chi connectivity index (χ4n) is 2.16. The summed E-state index contributed by atoms with van der Waals surface area (Å²) >= 11 is 5.99. The second kappa shape index (κ2) is 5.63. The average Bonchev–Trinajstić information content (AvgIpc) is 2.53. The minimum absolute atomic E-state index is 0.181. The summed E-state index contributed by atoms with van der Waals surface area (Å²) in [6.07, 6.45) is 1.67. The van der Waals surface area contributed by atoms with Gasteiger partial charge in [-0.2, -0.15) is 0 Å². The van der Waals surface area contributed by atoms with Gasteiger partial charge >= 0.3 is 0 Å².